The zero-order valence-electron chi connectivity index (χ0n) is 13.2. The average molecular weight is 289 g/mol. The molecule has 4 nitrogen and oxygen atoms in total. The second-order valence-electron chi connectivity index (χ2n) is 6.56. The van der Waals surface area contributed by atoms with Crippen LogP contribution in [-0.2, 0) is 9.53 Å². The Bertz CT molecular complexity index is 528. The molecular formula is C17H23NO3. The second kappa shape index (κ2) is 5.88. The van der Waals surface area contributed by atoms with Crippen molar-refractivity contribution < 1.29 is 14.3 Å². The van der Waals surface area contributed by atoms with E-state index in [0.29, 0.717) is 18.5 Å². The van der Waals surface area contributed by atoms with E-state index in [1.54, 1.807) is 4.90 Å². The number of hydrogen-bond donors (Lipinski definition) is 0. The third-order valence-electron chi connectivity index (χ3n) is 3.49. The SMILES string of the molecule is Cc1ccc(C(=O)N2CCCC2C(=O)OC(C)(C)C)cc1. The number of rotatable bonds is 2. The zero-order valence-corrected chi connectivity index (χ0v) is 13.2. The van der Waals surface area contributed by atoms with Crippen LogP contribution in [0.15, 0.2) is 24.3 Å². The molecule has 0 N–H and O–H groups in total. The molecule has 0 radical (unpaired) electrons. The van der Waals surface area contributed by atoms with Crippen molar-refractivity contribution in [1.29, 1.82) is 0 Å². The van der Waals surface area contributed by atoms with E-state index in [4.69, 9.17) is 4.74 Å². The largest absolute Gasteiger partial charge is 0.458 e. The molecule has 0 aliphatic carbocycles. The summed E-state index contributed by atoms with van der Waals surface area (Å²) in [7, 11) is 0. The molecule has 1 amide bonds. The molecule has 1 unspecified atom stereocenters. The quantitative estimate of drug-likeness (QED) is 0.786. The van der Waals surface area contributed by atoms with Gasteiger partial charge in [0.1, 0.15) is 11.6 Å². The van der Waals surface area contributed by atoms with Crippen molar-refractivity contribution in [2.45, 2.75) is 52.2 Å². The molecule has 1 aliphatic heterocycles. The first-order valence-corrected chi connectivity index (χ1v) is 7.38. The van der Waals surface area contributed by atoms with Gasteiger partial charge in [0, 0.05) is 12.1 Å². The number of hydrogen-bond acceptors (Lipinski definition) is 3. The van der Waals surface area contributed by atoms with Gasteiger partial charge in [-0.15, -0.1) is 0 Å². The number of nitrogens with zero attached hydrogens (tertiary/aromatic N) is 1. The van der Waals surface area contributed by atoms with E-state index >= 15 is 0 Å². The molecule has 1 aromatic carbocycles. The normalized spacial score (nSPS) is 18.7. The Kier molecular flexibility index (Phi) is 4.35. The Morgan fingerprint density at radius 1 is 1.19 bits per heavy atom. The van der Waals surface area contributed by atoms with Crippen LogP contribution in [0.4, 0.5) is 0 Å². The molecule has 4 heteroatoms. The molecule has 0 bridgehead atoms. The van der Waals surface area contributed by atoms with Crippen LogP contribution in [0, 0.1) is 6.92 Å². The maximum absolute atomic E-state index is 12.6. The number of ether oxygens (including phenoxy) is 1. The monoisotopic (exact) mass is 289 g/mol. The van der Waals surface area contributed by atoms with Gasteiger partial charge < -0.3 is 9.64 Å². The lowest BCUT2D eigenvalue weighted by Gasteiger charge is -2.27. The number of carbonyl (C=O) groups excluding carboxylic acids is 2. The van der Waals surface area contributed by atoms with Gasteiger partial charge >= 0.3 is 5.97 Å². The van der Waals surface area contributed by atoms with Gasteiger partial charge in [-0.1, -0.05) is 17.7 Å². The first-order chi connectivity index (χ1) is 9.78. The minimum Gasteiger partial charge on any atom is -0.458 e. The predicted octanol–water partition coefficient (Wildman–Crippen LogP) is 2.94. The molecule has 114 valence electrons. The highest BCUT2D eigenvalue weighted by Crippen LogP contribution is 2.23. The van der Waals surface area contributed by atoms with E-state index in [-0.39, 0.29) is 11.9 Å². The summed E-state index contributed by atoms with van der Waals surface area (Å²) in [5.74, 6) is -0.399. The van der Waals surface area contributed by atoms with Gasteiger partial charge in [-0.3, -0.25) is 4.79 Å². The second-order valence-corrected chi connectivity index (χ2v) is 6.56. The van der Waals surface area contributed by atoms with Crippen molar-refractivity contribution in [1.82, 2.24) is 4.90 Å². The fourth-order valence-corrected chi connectivity index (χ4v) is 2.49. The summed E-state index contributed by atoms with van der Waals surface area (Å²) >= 11 is 0. The van der Waals surface area contributed by atoms with Crippen molar-refractivity contribution >= 4 is 11.9 Å². The van der Waals surface area contributed by atoms with Crippen molar-refractivity contribution in [3.05, 3.63) is 35.4 Å². The van der Waals surface area contributed by atoms with Gasteiger partial charge in [-0.25, -0.2) is 4.79 Å². The summed E-state index contributed by atoms with van der Waals surface area (Å²) in [4.78, 5) is 26.4. The number of carbonyl (C=O) groups is 2. The highest BCUT2D eigenvalue weighted by Gasteiger charge is 2.37. The highest BCUT2D eigenvalue weighted by atomic mass is 16.6. The van der Waals surface area contributed by atoms with Crippen LogP contribution in [0.1, 0.15) is 49.5 Å². The minimum absolute atomic E-state index is 0.0941. The van der Waals surface area contributed by atoms with Crippen LogP contribution in [0.3, 0.4) is 0 Å². The molecule has 0 spiro atoms. The molecule has 21 heavy (non-hydrogen) atoms. The lowest BCUT2D eigenvalue weighted by molar-refractivity contribution is -0.159. The minimum atomic E-state index is -0.530. The van der Waals surface area contributed by atoms with E-state index in [1.165, 1.54) is 0 Å². The maximum Gasteiger partial charge on any atom is 0.329 e. The van der Waals surface area contributed by atoms with Crippen LogP contribution in [0.5, 0.6) is 0 Å². The Hall–Kier alpha value is -1.84. The number of benzene rings is 1. The summed E-state index contributed by atoms with van der Waals surface area (Å²) in [5, 5.41) is 0. The van der Waals surface area contributed by atoms with Gasteiger partial charge in [0.05, 0.1) is 0 Å². The van der Waals surface area contributed by atoms with Crippen LogP contribution < -0.4 is 0 Å². The van der Waals surface area contributed by atoms with Crippen LogP contribution >= 0.6 is 0 Å². The molecule has 1 fully saturated rings. The summed E-state index contributed by atoms with van der Waals surface area (Å²) < 4.78 is 5.42. The predicted molar refractivity (Wildman–Crippen MR) is 81.1 cm³/mol. The molecule has 1 atom stereocenters. The molecule has 1 aliphatic rings. The van der Waals surface area contributed by atoms with E-state index in [2.05, 4.69) is 0 Å². The van der Waals surface area contributed by atoms with Gasteiger partial charge in [0.2, 0.25) is 0 Å². The third-order valence-corrected chi connectivity index (χ3v) is 3.49. The smallest absolute Gasteiger partial charge is 0.329 e. The highest BCUT2D eigenvalue weighted by molar-refractivity contribution is 5.97. The summed E-state index contributed by atoms with van der Waals surface area (Å²) in [5.41, 5.74) is 1.20. The zero-order chi connectivity index (χ0) is 15.6. The lowest BCUT2D eigenvalue weighted by atomic mass is 10.1. The Balaban J connectivity index is 2.13. The third kappa shape index (κ3) is 3.84. The topological polar surface area (TPSA) is 46.6 Å². The lowest BCUT2D eigenvalue weighted by Crippen LogP contribution is -2.43. The van der Waals surface area contributed by atoms with Gasteiger partial charge in [0.25, 0.3) is 5.91 Å². The fourth-order valence-electron chi connectivity index (χ4n) is 2.49. The van der Waals surface area contributed by atoms with Crippen molar-refractivity contribution in [2.24, 2.45) is 0 Å². The Labute approximate surface area is 126 Å². The molecule has 0 aromatic heterocycles. The summed E-state index contributed by atoms with van der Waals surface area (Å²) in [6, 6.07) is 6.97. The molecule has 1 heterocycles. The number of aryl methyl sites for hydroxylation is 1. The number of likely N-dealkylation sites (tertiary alicyclic amines) is 1. The van der Waals surface area contributed by atoms with E-state index in [0.717, 1.165) is 12.0 Å². The standard InChI is InChI=1S/C17H23NO3/c1-12-7-9-13(10-8-12)15(19)18-11-5-6-14(18)16(20)21-17(2,3)4/h7-10,14H,5-6,11H2,1-4H3. The summed E-state index contributed by atoms with van der Waals surface area (Å²) in [6.07, 6.45) is 1.51. The van der Waals surface area contributed by atoms with E-state index in [9.17, 15) is 9.59 Å². The average Bonchev–Trinajstić information content (AvgIpc) is 2.86. The fraction of sp³-hybridized carbons (Fsp3) is 0.529. The maximum atomic E-state index is 12.6. The van der Waals surface area contributed by atoms with E-state index in [1.807, 2.05) is 52.0 Å². The van der Waals surface area contributed by atoms with Gasteiger partial charge in [-0.05, 0) is 52.7 Å². The van der Waals surface area contributed by atoms with Crippen molar-refractivity contribution in [2.75, 3.05) is 6.54 Å². The van der Waals surface area contributed by atoms with Crippen molar-refractivity contribution in [3.63, 3.8) is 0 Å². The van der Waals surface area contributed by atoms with E-state index < -0.39 is 11.6 Å². The van der Waals surface area contributed by atoms with Gasteiger partial charge in [-0.2, -0.15) is 0 Å². The Morgan fingerprint density at radius 3 is 2.38 bits per heavy atom. The number of amides is 1. The summed E-state index contributed by atoms with van der Waals surface area (Å²) in [6.45, 7) is 8.11. The first kappa shape index (κ1) is 15.5. The van der Waals surface area contributed by atoms with Crippen LogP contribution in [-0.4, -0.2) is 35.0 Å². The first-order valence-electron chi connectivity index (χ1n) is 7.38. The Morgan fingerprint density at radius 2 is 1.81 bits per heavy atom. The molecule has 2 rings (SSSR count). The van der Waals surface area contributed by atoms with Crippen LogP contribution in [0.2, 0.25) is 0 Å². The molecule has 0 saturated carbocycles. The molecule has 1 aromatic rings. The molecular weight excluding hydrogens is 266 g/mol. The number of esters is 1. The van der Waals surface area contributed by atoms with Gasteiger partial charge in [0.15, 0.2) is 0 Å². The van der Waals surface area contributed by atoms with Crippen LogP contribution in [0.25, 0.3) is 0 Å². The van der Waals surface area contributed by atoms with Crippen molar-refractivity contribution in [3.8, 4) is 0 Å². The molecule has 1 saturated heterocycles.